The molecule has 0 aliphatic heterocycles. The standard InChI is InChI=1S/C17H14/c1-12(2)15-10-9-14-8-7-13-5-3-4-6-16(13)17(14)11-15/h3-11H,1H2,2H3. The summed E-state index contributed by atoms with van der Waals surface area (Å²) in [6.45, 7) is 6.06. The molecule has 3 aromatic carbocycles. The number of hydrogen-bond donors (Lipinski definition) is 0. The summed E-state index contributed by atoms with van der Waals surface area (Å²) in [7, 11) is 0. The Bertz CT molecular complexity index is 720. The SMILES string of the molecule is C=C(C)c1ccc2ccc3ccccc3c2c1. The first-order valence-corrected chi connectivity index (χ1v) is 5.83. The van der Waals surface area contributed by atoms with Gasteiger partial charge in [-0.15, -0.1) is 0 Å². The molecular weight excluding hydrogens is 204 g/mol. The number of fused-ring (bicyclic) bond motifs is 3. The van der Waals surface area contributed by atoms with Crippen LogP contribution in [0, 0.1) is 0 Å². The van der Waals surface area contributed by atoms with E-state index in [0.717, 1.165) is 5.57 Å². The summed E-state index contributed by atoms with van der Waals surface area (Å²) in [5.41, 5.74) is 2.33. The fourth-order valence-corrected chi connectivity index (χ4v) is 2.27. The van der Waals surface area contributed by atoms with Gasteiger partial charge in [-0.2, -0.15) is 0 Å². The molecule has 0 heterocycles. The van der Waals surface area contributed by atoms with Crippen LogP contribution < -0.4 is 0 Å². The first-order chi connectivity index (χ1) is 8.25. The van der Waals surface area contributed by atoms with Gasteiger partial charge in [0.05, 0.1) is 0 Å². The Kier molecular flexibility index (Phi) is 2.22. The van der Waals surface area contributed by atoms with Crippen LogP contribution in [0.3, 0.4) is 0 Å². The molecule has 0 spiro atoms. The van der Waals surface area contributed by atoms with Gasteiger partial charge in [-0.1, -0.05) is 60.7 Å². The zero-order valence-electron chi connectivity index (χ0n) is 9.90. The van der Waals surface area contributed by atoms with Crippen molar-refractivity contribution in [2.75, 3.05) is 0 Å². The number of rotatable bonds is 1. The van der Waals surface area contributed by atoms with Crippen molar-refractivity contribution in [1.82, 2.24) is 0 Å². The van der Waals surface area contributed by atoms with E-state index in [2.05, 4.69) is 61.2 Å². The Balaban J connectivity index is 2.46. The lowest BCUT2D eigenvalue weighted by atomic mass is 9.98. The Morgan fingerprint density at radius 1 is 0.824 bits per heavy atom. The van der Waals surface area contributed by atoms with Gasteiger partial charge < -0.3 is 0 Å². The maximum Gasteiger partial charge on any atom is -0.00994 e. The van der Waals surface area contributed by atoms with E-state index in [9.17, 15) is 0 Å². The van der Waals surface area contributed by atoms with Gasteiger partial charge in [0.1, 0.15) is 0 Å². The van der Waals surface area contributed by atoms with E-state index in [4.69, 9.17) is 0 Å². The van der Waals surface area contributed by atoms with Gasteiger partial charge >= 0.3 is 0 Å². The van der Waals surface area contributed by atoms with Crippen LogP contribution in [-0.2, 0) is 0 Å². The van der Waals surface area contributed by atoms with Gasteiger partial charge in [0.2, 0.25) is 0 Å². The molecule has 0 radical (unpaired) electrons. The van der Waals surface area contributed by atoms with Crippen molar-refractivity contribution >= 4 is 27.1 Å². The third-order valence-electron chi connectivity index (χ3n) is 3.24. The molecule has 0 unspecified atom stereocenters. The van der Waals surface area contributed by atoms with Crippen molar-refractivity contribution in [3.05, 3.63) is 66.7 Å². The van der Waals surface area contributed by atoms with E-state index >= 15 is 0 Å². The molecule has 82 valence electrons. The molecule has 0 aromatic heterocycles. The lowest BCUT2D eigenvalue weighted by Crippen LogP contribution is -1.81. The van der Waals surface area contributed by atoms with Crippen molar-refractivity contribution in [3.63, 3.8) is 0 Å². The fraction of sp³-hybridized carbons (Fsp3) is 0.0588. The van der Waals surface area contributed by atoms with Gasteiger partial charge in [0.25, 0.3) is 0 Å². The van der Waals surface area contributed by atoms with Crippen molar-refractivity contribution in [2.45, 2.75) is 6.92 Å². The highest BCUT2D eigenvalue weighted by atomic mass is 14.1. The fourth-order valence-electron chi connectivity index (χ4n) is 2.27. The van der Waals surface area contributed by atoms with E-state index in [0.29, 0.717) is 0 Å². The highest BCUT2D eigenvalue weighted by molar-refractivity contribution is 6.08. The number of benzene rings is 3. The molecule has 3 aromatic rings. The highest BCUT2D eigenvalue weighted by Gasteiger charge is 2.01. The molecule has 0 fully saturated rings. The molecule has 0 N–H and O–H groups in total. The van der Waals surface area contributed by atoms with Gasteiger partial charge in [-0.3, -0.25) is 0 Å². The van der Waals surface area contributed by atoms with Crippen LogP contribution >= 0.6 is 0 Å². The predicted molar refractivity (Wildman–Crippen MR) is 76.2 cm³/mol. The summed E-state index contributed by atoms with van der Waals surface area (Å²) in [5, 5.41) is 5.20. The van der Waals surface area contributed by atoms with Crippen LogP contribution in [0.25, 0.3) is 27.1 Å². The summed E-state index contributed by atoms with van der Waals surface area (Å²) >= 11 is 0. The lowest BCUT2D eigenvalue weighted by Gasteiger charge is -2.06. The molecule has 0 aliphatic rings. The second-order valence-electron chi connectivity index (χ2n) is 4.50. The molecule has 0 saturated heterocycles. The van der Waals surface area contributed by atoms with Gasteiger partial charge in [0, 0.05) is 0 Å². The van der Waals surface area contributed by atoms with Crippen LogP contribution in [0.4, 0.5) is 0 Å². The van der Waals surface area contributed by atoms with Crippen LogP contribution in [0.5, 0.6) is 0 Å². The van der Waals surface area contributed by atoms with Crippen LogP contribution in [0.1, 0.15) is 12.5 Å². The third-order valence-corrected chi connectivity index (χ3v) is 3.24. The van der Waals surface area contributed by atoms with E-state index < -0.39 is 0 Å². The van der Waals surface area contributed by atoms with Crippen LogP contribution in [0.15, 0.2) is 61.2 Å². The van der Waals surface area contributed by atoms with Crippen molar-refractivity contribution in [3.8, 4) is 0 Å². The van der Waals surface area contributed by atoms with Crippen molar-refractivity contribution in [2.24, 2.45) is 0 Å². The topological polar surface area (TPSA) is 0 Å². The average molecular weight is 218 g/mol. The van der Waals surface area contributed by atoms with Crippen LogP contribution in [0.2, 0.25) is 0 Å². The van der Waals surface area contributed by atoms with E-state index in [-0.39, 0.29) is 0 Å². The smallest absolute Gasteiger partial charge is 0.00994 e. The summed E-state index contributed by atoms with van der Waals surface area (Å²) < 4.78 is 0. The van der Waals surface area contributed by atoms with E-state index in [1.54, 1.807) is 0 Å². The molecule has 0 amide bonds. The second-order valence-corrected chi connectivity index (χ2v) is 4.50. The molecule has 0 saturated carbocycles. The number of hydrogen-bond acceptors (Lipinski definition) is 0. The largest absolute Gasteiger partial charge is 0.0955 e. The van der Waals surface area contributed by atoms with E-state index in [1.807, 2.05) is 6.92 Å². The lowest BCUT2D eigenvalue weighted by molar-refractivity contribution is 1.63. The zero-order chi connectivity index (χ0) is 11.8. The molecule has 17 heavy (non-hydrogen) atoms. The average Bonchev–Trinajstić information content (AvgIpc) is 2.38. The zero-order valence-corrected chi connectivity index (χ0v) is 9.90. The summed E-state index contributed by atoms with van der Waals surface area (Å²) in [5.74, 6) is 0. The monoisotopic (exact) mass is 218 g/mol. The predicted octanol–water partition coefficient (Wildman–Crippen LogP) is 5.03. The minimum atomic E-state index is 1.11. The minimum Gasteiger partial charge on any atom is -0.0955 e. The molecule has 0 aliphatic carbocycles. The number of allylic oxidation sites excluding steroid dienone is 1. The van der Waals surface area contributed by atoms with Gasteiger partial charge in [-0.05, 0) is 40.1 Å². The normalized spacial score (nSPS) is 10.9. The summed E-state index contributed by atoms with van der Waals surface area (Å²) in [6.07, 6.45) is 0. The van der Waals surface area contributed by atoms with Crippen molar-refractivity contribution < 1.29 is 0 Å². The Morgan fingerprint density at radius 3 is 2.24 bits per heavy atom. The first kappa shape index (κ1) is 10.1. The Hall–Kier alpha value is -2.08. The molecule has 0 atom stereocenters. The molecule has 3 rings (SSSR count). The Labute approximate surface area is 101 Å². The molecule has 0 bridgehead atoms. The van der Waals surface area contributed by atoms with Crippen LogP contribution in [-0.4, -0.2) is 0 Å². The van der Waals surface area contributed by atoms with Crippen molar-refractivity contribution in [1.29, 1.82) is 0 Å². The summed E-state index contributed by atoms with van der Waals surface area (Å²) in [6, 6.07) is 19.4. The summed E-state index contributed by atoms with van der Waals surface area (Å²) in [4.78, 5) is 0. The van der Waals surface area contributed by atoms with Gasteiger partial charge in [0.15, 0.2) is 0 Å². The van der Waals surface area contributed by atoms with E-state index in [1.165, 1.54) is 27.1 Å². The third kappa shape index (κ3) is 1.62. The maximum atomic E-state index is 4.01. The maximum absolute atomic E-state index is 4.01. The minimum absolute atomic E-state index is 1.11. The van der Waals surface area contributed by atoms with Gasteiger partial charge in [-0.25, -0.2) is 0 Å². The molecule has 0 nitrogen and oxygen atoms in total. The molecule has 0 heteroatoms. The first-order valence-electron chi connectivity index (χ1n) is 5.83. The Morgan fingerprint density at radius 2 is 1.47 bits per heavy atom. The quantitative estimate of drug-likeness (QED) is 0.503. The highest BCUT2D eigenvalue weighted by Crippen LogP contribution is 2.27. The second kappa shape index (κ2) is 3.74. The molecular formula is C17H14.